The van der Waals surface area contributed by atoms with E-state index in [9.17, 15) is 0 Å². The molecule has 0 radical (unpaired) electrons. The fraction of sp³-hybridized carbons (Fsp3) is 0.750. The molecule has 1 aromatic rings. The topological polar surface area (TPSA) is 51.4 Å². The minimum atomic E-state index is 0.298. The summed E-state index contributed by atoms with van der Waals surface area (Å²) in [7, 11) is 1.73. The molecule has 0 amide bonds. The van der Waals surface area contributed by atoms with Gasteiger partial charge in [0.1, 0.15) is 0 Å². The van der Waals surface area contributed by atoms with E-state index in [4.69, 9.17) is 9.15 Å². The minimum Gasteiger partial charge on any atom is -0.408 e. The Morgan fingerprint density at radius 3 is 2.92 bits per heavy atom. The van der Waals surface area contributed by atoms with Gasteiger partial charge in [-0.3, -0.25) is 0 Å². The van der Waals surface area contributed by atoms with Gasteiger partial charge in [-0.2, -0.15) is 0 Å². The van der Waals surface area contributed by atoms with E-state index < -0.39 is 0 Å². The van der Waals surface area contributed by atoms with Crippen molar-refractivity contribution < 1.29 is 9.15 Å². The van der Waals surface area contributed by atoms with E-state index in [0.717, 1.165) is 19.5 Å². The van der Waals surface area contributed by atoms with Gasteiger partial charge >= 0.3 is 6.01 Å². The van der Waals surface area contributed by atoms with Gasteiger partial charge < -0.3 is 14.1 Å². The monoisotopic (exact) mass is 183 g/mol. The molecule has 5 nitrogen and oxygen atoms in total. The van der Waals surface area contributed by atoms with Crippen LogP contribution in [0.2, 0.25) is 0 Å². The molecule has 1 fully saturated rings. The molecule has 1 aromatic heterocycles. The van der Waals surface area contributed by atoms with Crippen molar-refractivity contribution in [3.05, 3.63) is 5.89 Å². The maximum atomic E-state index is 5.31. The average Bonchev–Trinajstić information content (AvgIpc) is 2.71. The van der Waals surface area contributed by atoms with Crippen molar-refractivity contribution in [2.45, 2.75) is 19.4 Å². The van der Waals surface area contributed by atoms with Crippen LogP contribution in [0.1, 0.15) is 12.3 Å². The first-order valence-electron chi connectivity index (χ1n) is 4.37. The largest absolute Gasteiger partial charge is 0.408 e. The fourth-order valence-electron chi connectivity index (χ4n) is 1.51. The van der Waals surface area contributed by atoms with Crippen molar-refractivity contribution in [1.29, 1.82) is 0 Å². The zero-order chi connectivity index (χ0) is 9.26. The summed E-state index contributed by atoms with van der Waals surface area (Å²) in [5, 5.41) is 7.73. The molecule has 1 aliphatic rings. The number of anilines is 1. The number of ether oxygens (including phenoxy) is 1. The van der Waals surface area contributed by atoms with Crippen molar-refractivity contribution in [3.63, 3.8) is 0 Å². The van der Waals surface area contributed by atoms with Gasteiger partial charge in [0.05, 0.1) is 6.10 Å². The first kappa shape index (κ1) is 8.50. The Morgan fingerprint density at radius 1 is 1.54 bits per heavy atom. The van der Waals surface area contributed by atoms with Crippen LogP contribution < -0.4 is 4.90 Å². The summed E-state index contributed by atoms with van der Waals surface area (Å²) in [6, 6.07) is 0.608. The van der Waals surface area contributed by atoms with E-state index in [1.807, 2.05) is 4.90 Å². The molecule has 0 unspecified atom stereocenters. The first-order chi connectivity index (χ1) is 6.29. The number of aromatic nitrogens is 2. The highest BCUT2D eigenvalue weighted by Gasteiger charge is 2.25. The van der Waals surface area contributed by atoms with E-state index in [1.165, 1.54) is 0 Å². The van der Waals surface area contributed by atoms with Crippen LogP contribution in [0, 0.1) is 6.92 Å². The molecule has 1 atom stereocenters. The summed E-state index contributed by atoms with van der Waals surface area (Å²) in [6.07, 6.45) is 1.32. The van der Waals surface area contributed by atoms with E-state index in [1.54, 1.807) is 14.0 Å². The minimum absolute atomic E-state index is 0.298. The molecular formula is C8H13N3O2. The molecule has 72 valence electrons. The van der Waals surface area contributed by atoms with Crippen molar-refractivity contribution >= 4 is 6.01 Å². The van der Waals surface area contributed by atoms with Gasteiger partial charge in [0.2, 0.25) is 5.89 Å². The Bertz CT molecular complexity index is 287. The third-order valence-corrected chi connectivity index (χ3v) is 2.26. The SMILES string of the molecule is CO[C@@H]1CCN(c2nnc(C)o2)C1. The molecule has 0 saturated carbocycles. The summed E-state index contributed by atoms with van der Waals surface area (Å²) in [6.45, 7) is 3.57. The molecule has 0 bridgehead atoms. The molecule has 2 heterocycles. The zero-order valence-electron chi connectivity index (χ0n) is 7.86. The van der Waals surface area contributed by atoms with Gasteiger partial charge in [0.25, 0.3) is 0 Å². The molecule has 1 saturated heterocycles. The highest BCUT2D eigenvalue weighted by molar-refractivity contribution is 5.26. The molecule has 0 aliphatic carbocycles. The van der Waals surface area contributed by atoms with Crippen molar-refractivity contribution in [3.8, 4) is 0 Å². The second kappa shape index (κ2) is 3.33. The lowest BCUT2D eigenvalue weighted by Crippen LogP contribution is -2.22. The molecule has 5 heteroatoms. The molecule has 0 spiro atoms. The van der Waals surface area contributed by atoms with Crippen LogP contribution in [-0.2, 0) is 4.74 Å². The number of nitrogens with zero attached hydrogens (tertiary/aromatic N) is 3. The Morgan fingerprint density at radius 2 is 2.38 bits per heavy atom. The molecule has 0 aromatic carbocycles. The van der Waals surface area contributed by atoms with Gasteiger partial charge in [-0.05, 0) is 6.42 Å². The quantitative estimate of drug-likeness (QED) is 0.672. The summed E-state index contributed by atoms with van der Waals surface area (Å²) in [4.78, 5) is 2.05. The first-order valence-corrected chi connectivity index (χ1v) is 4.37. The van der Waals surface area contributed by atoms with Gasteiger partial charge in [-0.25, -0.2) is 0 Å². The van der Waals surface area contributed by atoms with Crippen LogP contribution in [0.4, 0.5) is 6.01 Å². The standard InChI is InChI=1S/C8H13N3O2/c1-6-9-10-8(13-6)11-4-3-7(5-11)12-2/h7H,3-5H2,1-2H3/t7-/m1/s1. The van der Waals surface area contributed by atoms with E-state index in [-0.39, 0.29) is 0 Å². The second-order valence-corrected chi connectivity index (χ2v) is 3.20. The van der Waals surface area contributed by atoms with Crippen molar-refractivity contribution in [2.24, 2.45) is 0 Å². The van der Waals surface area contributed by atoms with Crippen molar-refractivity contribution in [1.82, 2.24) is 10.2 Å². The van der Waals surface area contributed by atoms with Crippen LogP contribution in [0.5, 0.6) is 0 Å². The predicted octanol–water partition coefficient (Wildman–Crippen LogP) is 0.603. The highest BCUT2D eigenvalue weighted by atomic mass is 16.5. The number of aryl methyl sites for hydroxylation is 1. The van der Waals surface area contributed by atoms with Gasteiger partial charge in [0, 0.05) is 27.1 Å². The summed E-state index contributed by atoms with van der Waals surface area (Å²) < 4.78 is 10.5. The summed E-state index contributed by atoms with van der Waals surface area (Å²) in [5.41, 5.74) is 0. The molecule has 1 aliphatic heterocycles. The molecular weight excluding hydrogens is 170 g/mol. The van der Waals surface area contributed by atoms with Crippen LogP contribution in [-0.4, -0.2) is 36.5 Å². The predicted molar refractivity (Wildman–Crippen MR) is 46.7 cm³/mol. The number of hydrogen-bond acceptors (Lipinski definition) is 5. The number of rotatable bonds is 2. The smallest absolute Gasteiger partial charge is 0.318 e. The maximum Gasteiger partial charge on any atom is 0.318 e. The Hall–Kier alpha value is -1.10. The van der Waals surface area contributed by atoms with Crippen LogP contribution in [0.25, 0.3) is 0 Å². The van der Waals surface area contributed by atoms with E-state index in [2.05, 4.69) is 10.2 Å². The summed E-state index contributed by atoms with van der Waals surface area (Å²) >= 11 is 0. The average molecular weight is 183 g/mol. The number of methoxy groups -OCH3 is 1. The summed E-state index contributed by atoms with van der Waals surface area (Å²) in [5.74, 6) is 0.607. The third kappa shape index (κ3) is 1.65. The lowest BCUT2D eigenvalue weighted by Gasteiger charge is -2.11. The van der Waals surface area contributed by atoms with Crippen LogP contribution in [0.15, 0.2) is 4.42 Å². The van der Waals surface area contributed by atoms with E-state index >= 15 is 0 Å². The van der Waals surface area contributed by atoms with Crippen molar-refractivity contribution in [2.75, 3.05) is 25.1 Å². The molecule has 2 rings (SSSR count). The highest BCUT2D eigenvalue weighted by Crippen LogP contribution is 2.19. The van der Waals surface area contributed by atoms with Crippen LogP contribution >= 0.6 is 0 Å². The van der Waals surface area contributed by atoms with Gasteiger partial charge in [-0.1, -0.05) is 5.10 Å². The lowest BCUT2D eigenvalue weighted by atomic mass is 10.3. The fourth-order valence-corrected chi connectivity index (χ4v) is 1.51. The van der Waals surface area contributed by atoms with Gasteiger partial charge in [0.15, 0.2) is 0 Å². The second-order valence-electron chi connectivity index (χ2n) is 3.20. The molecule has 13 heavy (non-hydrogen) atoms. The Labute approximate surface area is 76.7 Å². The van der Waals surface area contributed by atoms with E-state index in [0.29, 0.717) is 18.0 Å². The Kier molecular flexibility index (Phi) is 2.18. The normalized spacial score (nSPS) is 22.6. The van der Waals surface area contributed by atoms with Gasteiger partial charge in [-0.15, -0.1) is 5.10 Å². The third-order valence-electron chi connectivity index (χ3n) is 2.26. The Balaban J connectivity index is 2.03. The number of hydrogen-bond donors (Lipinski definition) is 0. The zero-order valence-corrected chi connectivity index (χ0v) is 7.86. The lowest BCUT2D eigenvalue weighted by molar-refractivity contribution is 0.121. The molecule has 0 N–H and O–H groups in total. The van der Waals surface area contributed by atoms with Crippen LogP contribution in [0.3, 0.4) is 0 Å². The maximum absolute atomic E-state index is 5.31.